The summed E-state index contributed by atoms with van der Waals surface area (Å²) in [5.41, 5.74) is 2.66. The first-order valence-corrected chi connectivity index (χ1v) is 11.4. The van der Waals surface area contributed by atoms with E-state index < -0.39 is 5.97 Å². The van der Waals surface area contributed by atoms with E-state index in [2.05, 4.69) is 5.10 Å². The first kappa shape index (κ1) is 23.1. The predicted molar refractivity (Wildman–Crippen MR) is 125 cm³/mol. The summed E-state index contributed by atoms with van der Waals surface area (Å²) < 4.78 is 23.7. The fourth-order valence-electron chi connectivity index (χ4n) is 3.69. The third kappa shape index (κ3) is 5.67. The number of aromatic nitrogens is 2. The van der Waals surface area contributed by atoms with E-state index in [1.807, 2.05) is 24.3 Å². The number of carbonyl (C=O) groups excluding carboxylic acids is 1. The maximum absolute atomic E-state index is 12.4. The Morgan fingerprint density at radius 3 is 2.64 bits per heavy atom. The van der Waals surface area contributed by atoms with Crippen LogP contribution in [0.25, 0.3) is 5.69 Å². The number of ether oxygens (including phenoxy) is 4. The number of benzene rings is 2. The van der Waals surface area contributed by atoms with Crippen LogP contribution in [0, 0.1) is 0 Å². The largest absolute Gasteiger partial charge is 0.497 e. The number of hydrogen-bond acceptors (Lipinski definition) is 6. The molecule has 33 heavy (non-hydrogen) atoms. The Morgan fingerprint density at radius 2 is 1.94 bits per heavy atom. The Labute approximate surface area is 198 Å². The average molecular weight is 471 g/mol. The minimum atomic E-state index is -0.479. The molecule has 0 radical (unpaired) electrons. The Kier molecular flexibility index (Phi) is 7.52. The molecule has 1 aliphatic rings. The third-order valence-corrected chi connectivity index (χ3v) is 5.68. The van der Waals surface area contributed by atoms with Gasteiger partial charge in [0.2, 0.25) is 0 Å². The van der Waals surface area contributed by atoms with Gasteiger partial charge in [-0.1, -0.05) is 23.7 Å². The van der Waals surface area contributed by atoms with Gasteiger partial charge >= 0.3 is 5.97 Å². The number of halogens is 1. The molecule has 1 atom stereocenters. The lowest BCUT2D eigenvalue weighted by Gasteiger charge is -2.23. The molecule has 4 rings (SSSR count). The van der Waals surface area contributed by atoms with Gasteiger partial charge in [0.15, 0.2) is 12.0 Å². The van der Waals surface area contributed by atoms with Gasteiger partial charge in [-0.25, -0.2) is 9.48 Å². The number of carbonyl (C=O) groups is 1. The zero-order chi connectivity index (χ0) is 23.2. The van der Waals surface area contributed by atoms with Gasteiger partial charge < -0.3 is 18.9 Å². The molecule has 1 saturated heterocycles. The molecule has 0 amide bonds. The lowest BCUT2D eigenvalue weighted by atomic mass is 10.1. The quantitative estimate of drug-likeness (QED) is 0.421. The van der Waals surface area contributed by atoms with Crippen LogP contribution in [0.5, 0.6) is 11.5 Å². The topological polar surface area (TPSA) is 71.8 Å². The molecule has 2 heterocycles. The van der Waals surface area contributed by atoms with Gasteiger partial charge in [-0.2, -0.15) is 5.10 Å². The van der Waals surface area contributed by atoms with Crippen LogP contribution < -0.4 is 9.47 Å². The van der Waals surface area contributed by atoms with Crippen molar-refractivity contribution in [2.24, 2.45) is 0 Å². The van der Waals surface area contributed by atoms with Gasteiger partial charge in [-0.05, 0) is 55.7 Å². The van der Waals surface area contributed by atoms with Gasteiger partial charge in [0.25, 0.3) is 0 Å². The van der Waals surface area contributed by atoms with Crippen molar-refractivity contribution in [2.75, 3.05) is 20.3 Å². The highest BCUT2D eigenvalue weighted by Gasteiger charge is 2.19. The zero-order valence-corrected chi connectivity index (χ0v) is 19.5. The monoisotopic (exact) mass is 470 g/mol. The van der Waals surface area contributed by atoms with Crippen molar-refractivity contribution in [3.63, 3.8) is 0 Å². The Hall–Kier alpha value is -3.03. The average Bonchev–Trinajstić information content (AvgIpc) is 3.25. The van der Waals surface area contributed by atoms with Crippen LogP contribution in [0.15, 0.2) is 48.5 Å². The molecule has 1 aromatic heterocycles. The summed E-state index contributed by atoms with van der Waals surface area (Å²) in [7, 11) is 1.59. The molecule has 1 aliphatic heterocycles. The summed E-state index contributed by atoms with van der Waals surface area (Å²) in [6.45, 7) is 2.77. The highest BCUT2D eigenvalue weighted by Crippen LogP contribution is 2.28. The second-order valence-electron chi connectivity index (χ2n) is 7.71. The summed E-state index contributed by atoms with van der Waals surface area (Å²) in [5, 5.41) is 4.98. The molecule has 2 aromatic carbocycles. The maximum atomic E-state index is 12.4. The van der Waals surface area contributed by atoms with Crippen LogP contribution in [0.2, 0.25) is 5.02 Å². The van der Waals surface area contributed by atoms with Gasteiger partial charge in [0, 0.05) is 24.6 Å². The fourth-order valence-corrected chi connectivity index (χ4v) is 3.89. The van der Waals surface area contributed by atoms with E-state index in [0.717, 1.165) is 42.9 Å². The molecule has 8 heteroatoms. The van der Waals surface area contributed by atoms with Gasteiger partial charge in [0.1, 0.15) is 11.5 Å². The lowest BCUT2D eigenvalue weighted by molar-refractivity contribution is -0.105. The van der Waals surface area contributed by atoms with Crippen LogP contribution in [0.3, 0.4) is 0 Å². The van der Waals surface area contributed by atoms with Crippen LogP contribution >= 0.6 is 11.6 Å². The summed E-state index contributed by atoms with van der Waals surface area (Å²) in [5.74, 6) is 0.926. The molecule has 0 saturated carbocycles. The number of nitrogens with zero attached hydrogens (tertiary/aromatic N) is 2. The molecule has 1 fully saturated rings. The molecule has 0 spiro atoms. The molecule has 0 bridgehead atoms. The summed E-state index contributed by atoms with van der Waals surface area (Å²) in [4.78, 5) is 12.4. The number of rotatable bonds is 8. The zero-order valence-electron chi connectivity index (χ0n) is 18.8. The highest BCUT2D eigenvalue weighted by molar-refractivity contribution is 6.32. The van der Waals surface area contributed by atoms with Crippen molar-refractivity contribution < 1.29 is 23.7 Å². The lowest BCUT2D eigenvalue weighted by Crippen LogP contribution is -2.24. The number of methoxy groups -OCH3 is 1. The van der Waals surface area contributed by atoms with E-state index in [1.54, 1.807) is 43.0 Å². The molecule has 174 valence electrons. The Balaban J connectivity index is 1.60. The standard InChI is InChI=1S/C25H27ClN2O5/c1-3-31-25(29)22-15-18(28(27-22)23-16-20(30-2)11-12-21(23)26)14-17-7-9-19(10-8-17)33-24-6-4-5-13-32-24/h7-12,15-16,24H,3-6,13-14H2,1-2H3. The normalized spacial score (nSPS) is 15.8. The predicted octanol–water partition coefficient (Wildman–Crippen LogP) is 5.21. The second-order valence-corrected chi connectivity index (χ2v) is 8.11. The van der Waals surface area contributed by atoms with Gasteiger partial charge in [0.05, 0.1) is 31.0 Å². The van der Waals surface area contributed by atoms with Crippen molar-refractivity contribution in [1.29, 1.82) is 0 Å². The van der Waals surface area contributed by atoms with Crippen LogP contribution in [0.4, 0.5) is 0 Å². The third-order valence-electron chi connectivity index (χ3n) is 5.36. The minimum absolute atomic E-state index is 0.187. The van der Waals surface area contributed by atoms with E-state index in [-0.39, 0.29) is 18.6 Å². The van der Waals surface area contributed by atoms with Crippen LogP contribution in [0.1, 0.15) is 47.9 Å². The molecule has 3 aromatic rings. The van der Waals surface area contributed by atoms with E-state index in [1.165, 1.54) is 0 Å². The van der Waals surface area contributed by atoms with E-state index in [4.69, 9.17) is 30.5 Å². The van der Waals surface area contributed by atoms with E-state index >= 15 is 0 Å². The van der Waals surface area contributed by atoms with Crippen molar-refractivity contribution >= 4 is 17.6 Å². The van der Waals surface area contributed by atoms with Crippen LogP contribution in [-0.4, -0.2) is 42.4 Å². The second kappa shape index (κ2) is 10.7. The first-order chi connectivity index (χ1) is 16.1. The highest BCUT2D eigenvalue weighted by atomic mass is 35.5. The smallest absolute Gasteiger partial charge is 0.358 e. The first-order valence-electron chi connectivity index (χ1n) is 11.0. The minimum Gasteiger partial charge on any atom is -0.497 e. The molecule has 0 aliphatic carbocycles. The van der Waals surface area contributed by atoms with Crippen molar-refractivity contribution in [3.05, 3.63) is 70.5 Å². The summed E-state index contributed by atoms with van der Waals surface area (Å²) >= 11 is 6.47. The van der Waals surface area contributed by atoms with Crippen molar-refractivity contribution in [2.45, 2.75) is 38.9 Å². The molecule has 1 unspecified atom stereocenters. The van der Waals surface area contributed by atoms with Gasteiger partial charge in [-0.3, -0.25) is 0 Å². The molecular formula is C25H27ClN2O5. The summed E-state index contributed by atoms with van der Waals surface area (Å²) in [6, 6.07) is 14.9. The summed E-state index contributed by atoms with van der Waals surface area (Å²) in [6.07, 6.45) is 3.44. The Morgan fingerprint density at radius 1 is 1.15 bits per heavy atom. The van der Waals surface area contributed by atoms with Crippen molar-refractivity contribution in [3.8, 4) is 17.2 Å². The fraction of sp³-hybridized carbons (Fsp3) is 0.360. The molecule has 7 nitrogen and oxygen atoms in total. The Bertz CT molecular complexity index is 1090. The van der Waals surface area contributed by atoms with Crippen molar-refractivity contribution in [1.82, 2.24) is 9.78 Å². The molecular weight excluding hydrogens is 444 g/mol. The van der Waals surface area contributed by atoms with E-state index in [0.29, 0.717) is 22.9 Å². The van der Waals surface area contributed by atoms with Crippen LogP contribution in [-0.2, 0) is 15.9 Å². The SMILES string of the molecule is CCOC(=O)c1cc(Cc2ccc(OC3CCCCO3)cc2)n(-c2cc(OC)ccc2Cl)n1. The number of esters is 1. The molecule has 0 N–H and O–H groups in total. The number of hydrogen-bond donors (Lipinski definition) is 0. The maximum Gasteiger partial charge on any atom is 0.358 e. The van der Waals surface area contributed by atoms with Gasteiger partial charge in [-0.15, -0.1) is 0 Å². The van der Waals surface area contributed by atoms with E-state index in [9.17, 15) is 4.79 Å².